The number of halogens is 5. The van der Waals surface area contributed by atoms with Gasteiger partial charge in [-0.15, -0.1) is 23.2 Å². The standard InChI is InChI=1S/C4H8Cl2O.C4H10O.3ClH.2Ti/c5-4(6)2-1-3-7;1-2-3-4-5;;;;;/h4,7H,1-3H2;5H,2-4H2,1H3;3*1H;;/q;;;;;;+3/p-3. The molecule has 105 valence electrons. The van der Waals surface area contributed by atoms with Gasteiger partial charge in [0, 0.05) is 34.9 Å². The Kier molecular flexibility index (Phi) is 44.8. The van der Waals surface area contributed by atoms with Gasteiger partial charge in [-0.3, -0.25) is 0 Å². The van der Waals surface area contributed by atoms with E-state index in [-0.39, 0.29) is 33.2 Å². The molecule has 9 heteroatoms. The third kappa shape index (κ3) is 68.5. The summed E-state index contributed by atoms with van der Waals surface area (Å²) in [5.74, 6) is 0. The first kappa shape index (κ1) is 28.0. The van der Waals surface area contributed by atoms with Gasteiger partial charge in [-0.2, -0.15) is 0 Å². The number of alkyl halides is 2. The molecule has 2 nitrogen and oxygen atoms in total. The number of rotatable bonds is 5. The molecule has 0 spiro atoms. The van der Waals surface area contributed by atoms with Crippen LogP contribution in [0.5, 0.6) is 0 Å². The van der Waals surface area contributed by atoms with Crippen LogP contribution in [0.3, 0.4) is 0 Å². The summed E-state index contributed by atoms with van der Waals surface area (Å²) in [5.41, 5.74) is 0. The normalized spacial score (nSPS) is 8.29. The van der Waals surface area contributed by atoms with Crippen LogP contribution in [0.1, 0.15) is 32.6 Å². The minimum Gasteiger partial charge on any atom is 0 e. The van der Waals surface area contributed by atoms with Gasteiger partial charge in [-0.25, -0.2) is 0 Å². The third-order valence-corrected chi connectivity index (χ3v) is 1.53. The second kappa shape index (κ2) is 27.2. The largest absolute Gasteiger partial charge is 0 e. The second-order valence-corrected chi connectivity index (χ2v) is 11.6. The molecule has 0 aromatic carbocycles. The van der Waals surface area contributed by atoms with Crippen LogP contribution in [0, 0.1) is 0 Å². The first-order chi connectivity index (χ1) is 7.42. The summed E-state index contributed by atoms with van der Waals surface area (Å²) in [5, 5.41) is 16.3. The second-order valence-electron chi connectivity index (χ2n) is 2.55. The van der Waals surface area contributed by atoms with Crippen molar-refractivity contribution in [1.29, 1.82) is 0 Å². The van der Waals surface area contributed by atoms with Gasteiger partial charge < -0.3 is 10.2 Å². The van der Waals surface area contributed by atoms with Crippen molar-refractivity contribution < 1.29 is 46.6 Å². The molecule has 0 heterocycles. The van der Waals surface area contributed by atoms with Crippen LogP contribution >= 0.6 is 51.1 Å². The molecule has 0 fully saturated rings. The molecule has 0 saturated carbocycles. The van der Waals surface area contributed by atoms with E-state index < -0.39 is 14.7 Å². The molecular weight excluding hydrogens is 401 g/mol. The number of aliphatic hydroxyl groups is 2. The van der Waals surface area contributed by atoms with Gasteiger partial charge in [0.1, 0.15) is 4.84 Å². The van der Waals surface area contributed by atoms with Crippen molar-refractivity contribution in [2.75, 3.05) is 13.2 Å². The molecule has 0 aliphatic heterocycles. The third-order valence-electron chi connectivity index (χ3n) is 1.09. The first-order valence-electron chi connectivity index (χ1n) is 4.75. The average molecular weight is 419 g/mol. The fourth-order valence-electron chi connectivity index (χ4n) is 0.404. The van der Waals surface area contributed by atoms with E-state index in [1.54, 1.807) is 0 Å². The number of aliphatic hydroxyl groups excluding tert-OH is 2. The van der Waals surface area contributed by atoms with Crippen molar-refractivity contribution in [2.45, 2.75) is 37.4 Å². The summed E-state index contributed by atoms with van der Waals surface area (Å²) < 4.78 is 0. The van der Waals surface area contributed by atoms with Gasteiger partial charge in [0.25, 0.3) is 0 Å². The van der Waals surface area contributed by atoms with Crippen LogP contribution in [-0.4, -0.2) is 28.3 Å². The molecule has 0 saturated heterocycles. The van der Waals surface area contributed by atoms with E-state index >= 15 is 0 Å². The molecule has 17 heavy (non-hydrogen) atoms. The maximum atomic E-state index is 8.20. The van der Waals surface area contributed by atoms with Gasteiger partial charge in [-0.1, -0.05) is 13.3 Å². The quantitative estimate of drug-likeness (QED) is 0.512. The average Bonchev–Trinajstić information content (AvgIpc) is 2.16. The molecule has 0 aromatic rings. The topological polar surface area (TPSA) is 40.5 Å². The van der Waals surface area contributed by atoms with Crippen molar-refractivity contribution in [2.24, 2.45) is 0 Å². The van der Waals surface area contributed by atoms with E-state index in [4.69, 9.17) is 61.3 Å². The van der Waals surface area contributed by atoms with Crippen LogP contribution in [0.25, 0.3) is 0 Å². The first-order valence-corrected chi connectivity index (χ1v) is 12.1. The Morgan fingerprint density at radius 3 is 1.41 bits per heavy atom. The van der Waals surface area contributed by atoms with E-state index in [2.05, 4.69) is 6.92 Å². The summed E-state index contributed by atoms with van der Waals surface area (Å²) in [7, 11) is 14.9. The molecule has 0 rings (SSSR count). The van der Waals surface area contributed by atoms with E-state index in [0.717, 1.165) is 12.8 Å². The SMILES string of the molecule is CCCCO.OCCCC(Cl)Cl.[Cl][Ti]([Cl])[Cl].[Ti]. The molecule has 0 radical (unpaired) electrons. The Morgan fingerprint density at radius 1 is 1.00 bits per heavy atom. The Balaban J connectivity index is -0.0000000757. The van der Waals surface area contributed by atoms with E-state index in [1.807, 2.05) is 0 Å². The summed E-state index contributed by atoms with van der Waals surface area (Å²) in [6.07, 6.45) is 3.41. The fraction of sp³-hybridized carbons (Fsp3) is 1.00. The molecule has 0 aliphatic rings. The zero-order valence-corrected chi connectivity index (χ0v) is 16.5. The molecular formula is C8H18Cl5O2Ti2. The van der Waals surface area contributed by atoms with Crippen molar-refractivity contribution in [3.05, 3.63) is 0 Å². The Labute approximate surface area is 147 Å². The molecule has 0 aliphatic carbocycles. The summed E-state index contributed by atoms with van der Waals surface area (Å²) >= 11 is 8.71. The van der Waals surface area contributed by atoms with Crippen molar-refractivity contribution >= 4 is 51.1 Å². The van der Waals surface area contributed by atoms with Crippen LogP contribution < -0.4 is 0 Å². The Morgan fingerprint density at radius 2 is 1.35 bits per heavy atom. The van der Waals surface area contributed by atoms with Gasteiger partial charge in [0.05, 0.1) is 0 Å². The maximum absolute atomic E-state index is 8.20. The van der Waals surface area contributed by atoms with Crippen LogP contribution in [0.4, 0.5) is 0 Å². The van der Waals surface area contributed by atoms with Gasteiger partial charge in [0.15, 0.2) is 0 Å². The minimum atomic E-state index is -1.92. The monoisotopic (exact) mass is 417 g/mol. The molecule has 0 unspecified atom stereocenters. The molecule has 0 bridgehead atoms. The van der Waals surface area contributed by atoms with Gasteiger partial charge in [-0.05, 0) is 19.3 Å². The number of hydrogen-bond acceptors (Lipinski definition) is 2. The molecule has 0 aromatic heterocycles. The zero-order chi connectivity index (χ0) is 13.4. The van der Waals surface area contributed by atoms with Crippen molar-refractivity contribution in [3.63, 3.8) is 0 Å². The van der Waals surface area contributed by atoms with E-state index in [0.29, 0.717) is 19.4 Å². The predicted octanol–water partition coefficient (Wildman–Crippen LogP) is 4.40. The molecule has 0 amide bonds. The number of unbranched alkanes of at least 4 members (excludes halogenated alkanes) is 1. The van der Waals surface area contributed by atoms with Crippen molar-refractivity contribution in [1.82, 2.24) is 0 Å². The predicted molar refractivity (Wildman–Crippen MR) is 71.4 cm³/mol. The van der Waals surface area contributed by atoms with Gasteiger partial charge >= 0.3 is 42.6 Å². The zero-order valence-electron chi connectivity index (χ0n) is 9.60. The summed E-state index contributed by atoms with van der Waals surface area (Å²) in [6.45, 7) is 2.57. The number of hydrogen-bond donors (Lipinski definition) is 2. The molecule has 0 atom stereocenters. The maximum Gasteiger partial charge on any atom is 0 e. The van der Waals surface area contributed by atoms with E-state index in [9.17, 15) is 0 Å². The van der Waals surface area contributed by atoms with Gasteiger partial charge in [0.2, 0.25) is 0 Å². The minimum absolute atomic E-state index is 0. The summed E-state index contributed by atoms with van der Waals surface area (Å²) in [4.78, 5) is -0.313. The Hall–Kier alpha value is 2.80. The fourth-order valence-corrected chi connectivity index (χ4v) is 0.712. The van der Waals surface area contributed by atoms with E-state index in [1.165, 1.54) is 0 Å². The molecule has 2 N–H and O–H groups in total. The van der Waals surface area contributed by atoms with Crippen LogP contribution in [0.15, 0.2) is 0 Å². The Bertz CT molecular complexity index is 107. The van der Waals surface area contributed by atoms with Crippen molar-refractivity contribution in [3.8, 4) is 0 Å². The van der Waals surface area contributed by atoms with Crippen LogP contribution in [-0.2, 0) is 36.4 Å². The smallest absolute Gasteiger partial charge is 0 e. The van der Waals surface area contributed by atoms with Crippen LogP contribution in [0.2, 0.25) is 0 Å². The summed E-state index contributed by atoms with van der Waals surface area (Å²) in [6, 6.07) is 0.